The first-order valence-electron chi connectivity index (χ1n) is 10.7. The molecule has 1 amide bonds. The number of anilines is 1. The normalized spacial score (nSPS) is 19.0. The number of hydrogen-bond acceptors (Lipinski definition) is 4. The molecule has 9 heteroatoms. The van der Waals surface area contributed by atoms with E-state index in [1.165, 1.54) is 37.7 Å². The lowest BCUT2D eigenvalue weighted by Crippen LogP contribution is -2.49. The van der Waals surface area contributed by atoms with Crippen molar-refractivity contribution in [2.75, 3.05) is 32.5 Å². The second-order valence-corrected chi connectivity index (χ2v) is 10.9. The summed E-state index contributed by atoms with van der Waals surface area (Å²) in [7, 11) is -0.480. The average molecular weight is 453 g/mol. The molecule has 2 fully saturated rings. The molecule has 30 heavy (non-hydrogen) atoms. The molecular weight excluding hydrogens is 420 g/mol. The van der Waals surface area contributed by atoms with Crippen molar-refractivity contribution in [3.05, 3.63) is 24.3 Å². The van der Waals surface area contributed by atoms with Crippen molar-refractivity contribution in [3.63, 3.8) is 0 Å². The van der Waals surface area contributed by atoms with E-state index < -0.39 is 10.0 Å². The zero-order valence-corrected chi connectivity index (χ0v) is 19.4. The van der Waals surface area contributed by atoms with Gasteiger partial charge in [-0.25, -0.2) is 12.7 Å². The number of thiocarbonyl (C=S) groups is 1. The van der Waals surface area contributed by atoms with Gasteiger partial charge in [-0.05, 0) is 56.1 Å². The Morgan fingerprint density at radius 1 is 1.10 bits per heavy atom. The molecule has 1 aromatic rings. The number of likely N-dealkylation sites (tertiary alicyclic amines) is 1. The van der Waals surface area contributed by atoms with Gasteiger partial charge in [0.2, 0.25) is 15.9 Å². The number of nitrogens with one attached hydrogen (secondary N) is 2. The van der Waals surface area contributed by atoms with Crippen LogP contribution in [0.15, 0.2) is 29.2 Å². The van der Waals surface area contributed by atoms with Crippen LogP contribution < -0.4 is 10.6 Å². The fraction of sp³-hybridized carbons (Fsp3) is 0.619. The quantitative estimate of drug-likeness (QED) is 0.669. The molecule has 0 atom stereocenters. The summed E-state index contributed by atoms with van der Waals surface area (Å²) in [5, 5.41) is 6.86. The zero-order chi connectivity index (χ0) is 21.7. The van der Waals surface area contributed by atoms with Crippen LogP contribution in [-0.2, 0) is 14.8 Å². The first-order chi connectivity index (χ1) is 14.3. The number of piperidine rings is 1. The van der Waals surface area contributed by atoms with Gasteiger partial charge in [0.15, 0.2) is 5.11 Å². The second kappa shape index (κ2) is 10.1. The molecule has 0 unspecified atom stereocenters. The van der Waals surface area contributed by atoms with Crippen LogP contribution in [0.5, 0.6) is 0 Å². The Bertz CT molecular complexity index is 859. The van der Waals surface area contributed by atoms with E-state index in [1.807, 2.05) is 4.90 Å². The Balaban J connectivity index is 1.49. The topological polar surface area (TPSA) is 81.8 Å². The summed E-state index contributed by atoms with van der Waals surface area (Å²) in [5.74, 6) is 0.546. The van der Waals surface area contributed by atoms with E-state index >= 15 is 0 Å². The number of benzene rings is 1. The molecule has 3 rings (SSSR count). The van der Waals surface area contributed by atoms with E-state index in [0.29, 0.717) is 16.7 Å². The van der Waals surface area contributed by atoms with Crippen molar-refractivity contribution in [3.8, 4) is 0 Å². The van der Waals surface area contributed by atoms with E-state index in [4.69, 9.17) is 12.2 Å². The third kappa shape index (κ3) is 5.70. The lowest BCUT2D eigenvalue weighted by molar-refractivity contribution is -0.137. The summed E-state index contributed by atoms with van der Waals surface area (Å²) in [4.78, 5) is 14.9. The predicted molar refractivity (Wildman–Crippen MR) is 123 cm³/mol. The molecule has 0 radical (unpaired) electrons. The number of rotatable bonds is 5. The van der Waals surface area contributed by atoms with Crippen LogP contribution in [0.4, 0.5) is 5.69 Å². The first-order valence-corrected chi connectivity index (χ1v) is 12.5. The summed E-state index contributed by atoms with van der Waals surface area (Å²) >= 11 is 5.43. The van der Waals surface area contributed by atoms with Crippen molar-refractivity contribution >= 4 is 38.9 Å². The van der Waals surface area contributed by atoms with Gasteiger partial charge in [0.1, 0.15) is 0 Å². The van der Waals surface area contributed by atoms with Crippen LogP contribution in [0, 0.1) is 5.92 Å². The molecule has 0 aromatic heterocycles. The molecule has 0 spiro atoms. The van der Waals surface area contributed by atoms with E-state index in [0.717, 1.165) is 38.8 Å². The monoisotopic (exact) mass is 452 g/mol. The van der Waals surface area contributed by atoms with E-state index in [2.05, 4.69) is 10.6 Å². The van der Waals surface area contributed by atoms with Gasteiger partial charge in [-0.2, -0.15) is 0 Å². The zero-order valence-electron chi connectivity index (χ0n) is 17.8. The minimum atomic E-state index is -3.49. The largest absolute Gasteiger partial charge is 0.360 e. The second-order valence-electron chi connectivity index (χ2n) is 8.35. The number of amides is 1. The number of carbonyl (C=O) groups is 1. The van der Waals surface area contributed by atoms with Crippen LogP contribution in [0.3, 0.4) is 0 Å². The molecule has 1 aliphatic heterocycles. The molecule has 166 valence electrons. The lowest BCUT2D eigenvalue weighted by Gasteiger charge is -2.35. The van der Waals surface area contributed by atoms with Gasteiger partial charge in [-0.1, -0.05) is 25.3 Å². The summed E-state index contributed by atoms with van der Waals surface area (Å²) in [6.07, 6.45) is 7.38. The van der Waals surface area contributed by atoms with Gasteiger partial charge in [-0.3, -0.25) is 4.79 Å². The molecule has 2 N–H and O–H groups in total. The van der Waals surface area contributed by atoms with Crippen molar-refractivity contribution in [1.82, 2.24) is 14.5 Å². The Morgan fingerprint density at radius 2 is 1.77 bits per heavy atom. The van der Waals surface area contributed by atoms with Gasteiger partial charge in [0.25, 0.3) is 0 Å². The summed E-state index contributed by atoms with van der Waals surface area (Å²) in [6.45, 7) is 1.51. The number of nitrogens with zero attached hydrogens (tertiary/aromatic N) is 2. The van der Waals surface area contributed by atoms with Crippen molar-refractivity contribution < 1.29 is 13.2 Å². The van der Waals surface area contributed by atoms with E-state index in [1.54, 1.807) is 24.3 Å². The van der Waals surface area contributed by atoms with Gasteiger partial charge in [0.05, 0.1) is 4.90 Å². The SMILES string of the molecule is CN(C)S(=O)(=O)c1cccc(NC(=S)NC2CCN(C(=O)C3CCCCC3)CC2)c1. The van der Waals surface area contributed by atoms with Crippen LogP contribution >= 0.6 is 12.2 Å². The molecule has 1 saturated carbocycles. The third-order valence-corrected chi connectivity index (χ3v) is 8.00. The molecule has 2 aliphatic rings. The highest BCUT2D eigenvalue weighted by atomic mass is 32.2. The average Bonchev–Trinajstić information content (AvgIpc) is 2.74. The molecule has 1 aliphatic carbocycles. The maximum absolute atomic E-state index is 12.7. The Morgan fingerprint density at radius 3 is 2.40 bits per heavy atom. The highest BCUT2D eigenvalue weighted by Crippen LogP contribution is 2.26. The smallest absolute Gasteiger partial charge is 0.242 e. The van der Waals surface area contributed by atoms with Gasteiger partial charge in [-0.15, -0.1) is 0 Å². The minimum absolute atomic E-state index is 0.203. The van der Waals surface area contributed by atoms with E-state index in [9.17, 15) is 13.2 Å². The third-order valence-electron chi connectivity index (χ3n) is 5.97. The highest BCUT2D eigenvalue weighted by Gasteiger charge is 2.29. The van der Waals surface area contributed by atoms with Crippen molar-refractivity contribution in [2.24, 2.45) is 5.92 Å². The summed E-state index contributed by atoms with van der Waals surface area (Å²) < 4.78 is 25.8. The molecule has 1 heterocycles. The Kier molecular flexibility index (Phi) is 7.70. The van der Waals surface area contributed by atoms with Crippen LogP contribution in [0.2, 0.25) is 0 Å². The first kappa shape index (κ1) is 23.0. The molecule has 1 saturated heterocycles. The maximum Gasteiger partial charge on any atom is 0.242 e. The fourth-order valence-corrected chi connectivity index (χ4v) is 5.38. The van der Waals surface area contributed by atoms with E-state index in [-0.39, 0.29) is 16.9 Å². The predicted octanol–water partition coefficient (Wildman–Crippen LogP) is 2.79. The number of hydrogen-bond donors (Lipinski definition) is 2. The van der Waals surface area contributed by atoms with Gasteiger partial charge >= 0.3 is 0 Å². The van der Waals surface area contributed by atoms with Crippen LogP contribution in [-0.4, -0.2) is 61.9 Å². The fourth-order valence-electron chi connectivity index (χ4n) is 4.15. The van der Waals surface area contributed by atoms with Crippen LogP contribution in [0.25, 0.3) is 0 Å². The molecule has 7 nitrogen and oxygen atoms in total. The van der Waals surface area contributed by atoms with Crippen molar-refractivity contribution in [1.29, 1.82) is 0 Å². The summed E-state index contributed by atoms with van der Waals surface area (Å²) in [5.41, 5.74) is 0.625. The van der Waals surface area contributed by atoms with Crippen LogP contribution in [0.1, 0.15) is 44.9 Å². The number of carbonyl (C=O) groups excluding carboxylic acids is 1. The highest BCUT2D eigenvalue weighted by molar-refractivity contribution is 7.89. The number of sulfonamides is 1. The lowest BCUT2D eigenvalue weighted by atomic mass is 9.87. The van der Waals surface area contributed by atoms with Gasteiger partial charge in [0, 0.05) is 44.8 Å². The van der Waals surface area contributed by atoms with Crippen molar-refractivity contribution in [2.45, 2.75) is 55.9 Å². The maximum atomic E-state index is 12.7. The summed E-state index contributed by atoms with van der Waals surface area (Å²) in [6, 6.07) is 6.82. The van der Waals surface area contributed by atoms with Gasteiger partial charge < -0.3 is 15.5 Å². The minimum Gasteiger partial charge on any atom is -0.360 e. The Labute approximate surface area is 185 Å². The molecular formula is C21H32N4O3S2. The Hall–Kier alpha value is -1.71. The molecule has 0 bridgehead atoms. The molecule has 1 aromatic carbocycles. The standard InChI is InChI=1S/C21H32N4O3S2/c1-24(2)30(27,28)19-10-6-9-18(15-19)23-21(29)22-17-11-13-25(14-12-17)20(26)16-7-4-3-5-8-16/h6,9-10,15-17H,3-5,7-8,11-14H2,1-2H3,(H2,22,23,29).